The van der Waals surface area contributed by atoms with Crippen molar-refractivity contribution in [1.29, 1.82) is 0 Å². The van der Waals surface area contributed by atoms with Crippen molar-refractivity contribution >= 4 is 29.0 Å². The number of halogens is 2. The monoisotopic (exact) mass is 216 g/mol. The highest BCUT2D eigenvalue weighted by molar-refractivity contribution is 6.37. The summed E-state index contributed by atoms with van der Waals surface area (Å²) in [6, 6.07) is 3.70. The van der Waals surface area contributed by atoms with Crippen molar-refractivity contribution in [2.45, 2.75) is 13.8 Å². The van der Waals surface area contributed by atoms with E-state index in [0.717, 1.165) is 11.1 Å². The Labute approximate surface area is 87.7 Å². The molecule has 0 spiro atoms. The van der Waals surface area contributed by atoms with Crippen molar-refractivity contribution in [2.24, 2.45) is 0 Å². The number of benzene rings is 1. The molecule has 1 aromatic carbocycles. The van der Waals surface area contributed by atoms with E-state index in [-0.39, 0.29) is 11.7 Å². The van der Waals surface area contributed by atoms with Crippen LogP contribution in [0.1, 0.15) is 21.5 Å². The number of Topliss-reactive ketones (excluding diaryl/α,β-unsaturated/α-hetero) is 1. The first kappa shape index (κ1) is 10.6. The highest BCUT2D eigenvalue weighted by Gasteiger charge is 2.11. The van der Waals surface area contributed by atoms with E-state index in [2.05, 4.69) is 0 Å². The summed E-state index contributed by atoms with van der Waals surface area (Å²) < 4.78 is 0. The van der Waals surface area contributed by atoms with Gasteiger partial charge in [0.25, 0.3) is 0 Å². The summed E-state index contributed by atoms with van der Waals surface area (Å²) in [7, 11) is 0. The number of rotatable bonds is 2. The number of ketones is 1. The molecule has 0 heterocycles. The van der Waals surface area contributed by atoms with Crippen molar-refractivity contribution in [3.63, 3.8) is 0 Å². The molecule has 1 nitrogen and oxygen atoms in total. The molecule has 13 heavy (non-hydrogen) atoms. The Morgan fingerprint density at radius 1 is 1.38 bits per heavy atom. The van der Waals surface area contributed by atoms with Gasteiger partial charge in [0, 0.05) is 5.56 Å². The van der Waals surface area contributed by atoms with Crippen molar-refractivity contribution in [2.75, 3.05) is 5.88 Å². The van der Waals surface area contributed by atoms with E-state index in [0.29, 0.717) is 10.6 Å². The molecule has 0 fully saturated rings. The molecule has 0 N–H and O–H groups in total. The van der Waals surface area contributed by atoms with Crippen molar-refractivity contribution < 1.29 is 4.79 Å². The van der Waals surface area contributed by atoms with Gasteiger partial charge in [0.05, 0.1) is 10.9 Å². The zero-order chi connectivity index (χ0) is 10.0. The third kappa shape index (κ3) is 2.23. The van der Waals surface area contributed by atoms with Gasteiger partial charge in [0.1, 0.15) is 0 Å². The quantitative estimate of drug-likeness (QED) is 0.548. The smallest absolute Gasteiger partial charge is 0.179 e. The molecule has 0 saturated heterocycles. The minimum Gasteiger partial charge on any atom is -0.293 e. The average Bonchev–Trinajstić information content (AvgIpc) is 2.10. The maximum Gasteiger partial charge on any atom is 0.179 e. The lowest BCUT2D eigenvalue weighted by Gasteiger charge is -2.05. The predicted octanol–water partition coefficient (Wildman–Crippen LogP) is 3.38. The van der Waals surface area contributed by atoms with Crippen LogP contribution in [0.15, 0.2) is 12.1 Å². The normalized spacial score (nSPS) is 10.2. The number of carbonyl (C=O) groups is 1. The summed E-state index contributed by atoms with van der Waals surface area (Å²) in [4.78, 5) is 11.3. The summed E-state index contributed by atoms with van der Waals surface area (Å²) in [6.07, 6.45) is 0. The summed E-state index contributed by atoms with van der Waals surface area (Å²) in [5.41, 5.74) is 2.46. The van der Waals surface area contributed by atoms with E-state index in [1.807, 2.05) is 19.9 Å². The lowest BCUT2D eigenvalue weighted by atomic mass is 10.0. The fourth-order valence-electron chi connectivity index (χ4n) is 1.22. The lowest BCUT2D eigenvalue weighted by Crippen LogP contribution is -2.02. The summed E-state index contributed by atoms with van der Waals surface area (Å²) in [5.74, 6) is -0.152. The molecule has 0 aromatic heterocycles. The molecule has 0 aliphatic carbocycles. The Morgan fingerprint density at radius 2 is 2.00 bits per heavy atom. The van der Waals surface area contributed by atoms with E-state index in [1.165, 1.54) is 0 Å². The van der Waals surface area contributed by atoms with Crippen LogP contribution >= 0.6 is 23.2 Å². The van der Waals surface area contributed by atoms with E-state index < -0.39 is 0 Å². The molecule has 0 saturated carbocycles. The van der Waals surface area contributed by atoms with Gasteiger partial charge in [-0.1, -0.05) is 23.2 Å². The van der Waals surface area contributed by atoms with Crippen LogP contribution in [-0.2, 0) is 0 Å². The van der Waals surface area contributed by atoms with E-state index in [1.54, 1.807) is 6.07 Å². The van der Waals surface area contributed by atoms with Gasteiger partial charge in [-0.05, 0) is 25.5 Å². The molecule has 0 aliphatic heterocycles. The number of hydrogen-bond acceptors (Lipinski definition) is 1. The number of carbonyl (C=O) groups excluding carboxylic acids is 1. The summed E-state index contributed by atoms with van der Waals surface area (Å²) in [6.45, 7) is 3.80. The van der Waals surface area contributed by atoms with Gasteiger partial charge in [-0.25, -0.2) is 0 Å². The highest BCUT2D eigenvalue weighted by atomic mass is 35.5. The van der Waals surface area contributed by atoms with Crippen molar-refractivity contribution in [1.82, 2.24) is 0 Å². The van der Waals surface area contributed by atoms with Crippen LogP contribution in [-0.4, -0.2) is 11.7 Å². The standard InChI is InChI=1S/C10H10Cl2O/c1-6-3-7(2)10(12)8(4-6)9(13)5-11/h3-4H,5H2,1-2H3. The zero-order valence-electron chi connectivity index (χ0n) is 7.53. The van der Waals surface area contributed by atoms with Crippen molar-refractivity contribution in [3.8, 4) is 0 Å². The second-order valence-electron chi connectivity index (χ2n) is 3.00. The Kier molecular flexibility index (Phi) is 3.34. The molecule has 0 aliphatic rings. The first-order chi connectivity index (χ1) is 6.06. The van der Waals surface area contributed by atoms with Gasteiger partial charge in [0.15, 0.2) is 5.78 Å². The van der Waals surface area contributed by atoms with Gasteiger partial charge < -0.3 is 0 Å². The zero-order valence-corrected chi connectivity index (χ0v) is 9.04. The van der Waals surface area contributed by atoms with Gasteiger partial charge in [0.2, 0.25) is 0 Å². The molecule has 3 heteroatoms. The number of hydrogen-bond donors (Lipinski definition) is 0. The molecule has 0 radical (unpaired) electrons. The minimum atomic E-state index is -0.126. The molecule has 70 valence electrons. The number of alkyl halides is 1. The fourth-order valence-corrected chi connectivity index (χ4v) is 1.58. The molecule has 1 rings (SSSR count). The maximum atomic E-state index is 11.3. The number of aryl methyl sites for hydroxylation is 2. The SMILES string of the molecule is Cc1cc(C)c(Cl)c(C(=O)CCl)c1. The van der Waals surface area contributed by atoms with Gasteiger partial charge >= 0.3 is 0 Å². The third-order valence-corrected chi connectivity index (χ3v) is 2.57. The minimum absolute atomic E-state index is 0.0252. The van der Waals surface area contributed by atoms with Crippen LogP contribution in [0.25, 0.3) is 0 Å². The summed E-state index contributed by atoms with van der Waals surface area (Å²) in [5, 5.41) is 0.510. The van der Waals surface area contributed by atoms with Crippen LogP contribution in [0.4, 0.5) is 0 Å². The third-order valence-electron chi connectivity index (χ3n) is 1.82. The largest absolute Gasteiger partial charge is 0.293 e. The topological polar surface area (TPSA) is 17.1 Å². The Hall–Kier alpha value is -0.530. The van der Waals surface area contributed by atoms with Crippen LogP contribution in [0.2, 0.25) is 5.02 Å². The van der Waals surface area contributed by atoms with Crippen molar-refractivity contribution in [3.05, 3.63) is 33.8 Å². The van der Waals surface area contributed by atoms with E-state index in [4.69, 9.17) is 23.2 Å². The molecule has 0 atom stereocenters. The first-order valence-electron chi connectivity index (χ1n) is 3.92. The second kappa shape index (κ2) is 4.12. The molecular formula is C10H10Cl2O. The van der Waals surface area contributed by atoms with Gasteiger partial charge in [-0.15, -0.1) is 11.6 Å². The molecule has 1 aromatic rings. The van der Waals surface area contributed by atoms with Crippen LogP contribution in [0.3, 0.4) is 0 Å². The summed E-state index contributed by atoms with van der Waals surface area (Å²) >= 11 is 11.4. The molecule has 0 bridgehead atoms. The van der Waals surface area contributed by atoms with E-state index in [9.17, 15) is 4.79 Å². The van der Waals surface area contributed by atoms with Gasteiger partial charge in [-0.3, -0.25) is 4.79 Å². The molecule has 0 unspecified atom stereocenters. The lowest BCUT2D eigenvalue weighted by molar-refractivity contribution is 0.102. The Bertz CT molecular complexity index is 345. The average molecular weight is 217 g/mol. The van der Waals surface area contributed by atoms with E-state index >= 15 is 0 Å². The van der Waals surface area contributed by atoms with Crippen LogP contribution < -0.4 is 0 Å². The molecular weight excluding hydrogens is 207 g/mol. The predicted molar refractivity (Wildman–Crippen MR) is 56.0 cm³/mol. The van der Waals surface area contributed by atoms with Crippen LogP contribution in [0.5, 0.6) is 0 Å². The second-order valence-corrected chi connectivity index (χ2v) is 3.65. The maximum absolute atomic E-state index is 11.3. The first-order valence-corrected chi connectivity index (χ1v) is 4.83. The Balaban J connectivity index is 3.28. The highest BCUT2D eigenvalue weighted by Crippen LogP contribution is 2.23. The fraction of sp³-hybridized carbons (Fsp3) is 0.300. The Morgan fingerprint density at radius 3 is 2.54 bits per heavy atom. The van der Waals surface area contributed by atoms with Gasteiger partial charge in [-0.2, -0.15) is 0 Å². The van der Waals surface area contributed by atoms with Crippen LogP contribution in [0, 0.1) is 13.8 Å². The molecule has 0 amide bonds.